The number of carbonyl (C=O) groups is 4. The van der Waals surface area contributed by atoms with Crippen molar-refractivity contribution in [2.45, 2.75) is 315 Å². The van der Waals surface area contributed by atoms with E-state index in [9.17, 15) is 24.3 Å². The highest BCUT2D eigenvalue weighted by molar-refractivity contribution is 5.76. The lowest BCUT2D eigenvalue weighted by molar-refractivity contribution is -0.176. The zero-order chi connectivity index (χ0) is 55.1. The van der Waals surface area contributed by atoms with Crippen LogP contribution in [0, 0.1) is 17.3 Å². The van der Waals surface area contributed by atoms with Crippen molar-refractivity contribution in [2.75, 3.05) is 28.2 Å². The summed E-state index contributed by atoms with van der Waals surface area (Å²) < 4.78 is 11.7. The molecule has 420 valence electrons. The van der Waals surface area contributed by atoms with E-state index in [-0.39, 0.29) is 86.7 Å². The Morgan fingerprint density at radius 3 is 0.889 bits per heavy atom. The molecule has 2 N–H and O–H groups in total. The van der Waals surface area contributed by atoms with E-state index in [1.807, 2.05) is 0 Å². The molecule has 0 bridgehead atoms. The quantitative estimate of drug-likeness (QED) is 0.0788. The van der Waals surface area contributed by atoms with Crippen LogP contribution in [0.4, 0.5) is 0 Å². The third-order valence-corrected chi connectivity index (χ3v) is 19.6. The SMILES string of the molecule is CN1C(C)(C)CC(C(CCCCCCCC(=O)O)(C(=O)O)C2CC(C)(C)N(C)C(C)(C)C2)CC1(C)C.CN1C(C)(C)CC(OC(=O)CCCCCCCCC(=O)OC2CC(C)(C)N(C)C(C)(C)C2)CC1(C)C. The molecule has 0 unspecified atom stereocenters. The topological polar surface area (TPSA) is 140 Å². The summed E-state index contributed by atoms with van der Waals surface area (Å²) in [5.74, 6) is -1.22. The van der Waals surface area contributed by atoms with Crippen LogP contribution >= 0.6 is 0 Å². The molecule has 4 aliphatic rings. The van der Waals surface area contributed by atoms with Gasteiger partial charge >= 0.3 is 23.9 Å². The molecule has 0 aromatic rings. The number of carboxylic acids is 2. The summed E-state index contributed by atoms with van der Waals surface area (Å²) in [4.78, 5) is 58.9. The van der Waals surface area contributed by atoms with Crippen LogP contribution in [0.1, 0.15) is 258 Å². The van der Waals surface area contributed by atoms with Gasteiger partial charge in [0.2, 0.25) is 0 Å². The smallest absolute Gasteiger partial charge is 0.310 e. The van der Waals surface area contributed by atoms with Crippen molar-refractivity contribution in [3.63, 3.8) is 0 Å². The third-order valence-electron chi connectivity index (χ3n) is 19.6. The predicted molar refractivity (Wildman–Crippen MR) is 294 cm³/mol. The molecule has 4 heterocycles. The number of piperidine rings is 4. The Bertz CT molecular complexity index is 1610. The number of esters is 2. The fourth-order valence-electron chi connectivity index (χ4n) is 14.4. The maximum absolute atomic E-state index is 13.6. The number of carbonyl (C=O) groups excluding carboxylic acids is 2. The van der Waals surface area contributed by atoms with Gasteiger partial charge in [0.05, 0.1) is 5.41 Å². The summed E-state index contributed by atoms with van der Waals surface area (Å²) in [5.41, 5.74) is -0.925. The lowest BCUT2D eigenvalue weighted by Gasteiger charge is -2.61. The molecule has 4 fully saturated rings. The Morgan fingerprint density at radius 2 is 0.625 bits per heavy atom. The van der Waals surface area contributed by atoms with Gasteiger partial charge in [0.1, 0.15) is 12.2 Å². The molecule has 0 radical (unpaired) electrons. The number of rotatable bonds is 22. The number of unbranched alkanes of at least 4 members (excludes halogenated alkanes) is 9. The first-order valence-electron chi connectivity index (χ1n) is 28.6. The van der Waals surface area contributed by atoms with E-state index in [0.717, 1.165) is 116 Å². The molecule has 0 spiro atoms. The van der Waals surface area contributed by atoms with Crippen molar-refractivity contribution in [3.05, 3.63) is 0 Å². The largest absolute Gasteiger partial charge is 0.481 e. The molecule has 0 saturated carbocycles. The van der Waals surface area contributed by atoms with Crippen molar-refractivity contribution < 1.29 is 38.9 Å². The van der Waals surface area contributed by atoms with Gasteiger partial charge in [-0.2, -0.15) is 0 Å². The molecule has 12 heteroatoms. The number of hydrogen-bond donors (Lipinski definition) is 2. The third kappa shape index (κ3) is 16.9. The second-order valence-electron chi connectivity index (χ2n) is 28.6. The summed E-state index contributed by atoms with van der Waals surface area (Å²) in [6, 6.07) is 0. The Balaban J connectivity index is 0.000000380. The number of hydrogen-bond acceptors (Lipinski definition) is 10. The first kappa shape index (κ1) is 64.0. The van der Waals surface area contributed by atoms with Crippen LogP contribution in [0.25, 0.3) is 0 Å². The molecule has 0 aliphatic carbocycles. The van der Waals surface area contributed by atoms with E-state index in [0.29, 0.717) is 25.7 Å². The highest BCUT2D eigenvalue weighted by atomic mass is 16.5. The summed E-state index contributed by atoms with van der Waals surface area (Å²) in [7, 11) is 8.71. The number of likely N-dealkylation sites (tertiary alicyclic amines) is 4. The van der Waals surface area contributed by atoms with Gasteiger partial charge in [-0.1, -0.05) is 51.4 Å². The fraction of sp³-hybridized carbons (Fsp3) is 0.933. The van der Waals surface area contributed by atoms with E-state index in [1.165, 1.54) is 0 Å². The minimum Gasteiger partial charge on any atom is -0.481 e. The van der Waals surface area contributed by atoms with Crippen LogP contribution < -0.4 is 0 Å². The zero-order valence-corrected chi connectivity index (χ0v) is 50.2. The summed E-state index contributed by atoms with van der Waals surface area (Å²) in [6.07, 6.45) is 19.5. The van der Waals surface area contributed by atoms with Crippen molar-refractivity contribution in [2.24, 2.45) is 17.3 Å². The average Bonchev–Trinajstić information content (AvgIpc) is 3.21. The molecule has 4 rings (SSSR count). The van der Waals surface area contributed by atoms with Crippen LogP contribution in [-0.4, -0.2) is 138 Å². The molecule has 0 aromatic heterocycles. The second kappa shape index (κ2) is 24.8. The lowest BCUT2D eigenvalue weighted by atomic mass is 9.52. The van der Waals surface area contributed by atoms with Gasteiger partial charge in [-0.15, -0.1) is 0 Å². The van der Waals surface area contributed by atoms with Crippen LogP contribution in [0.5, 0.6) is 0 Å². The van der Waals surface area contributed by atoms with Crippen molar-refractivity contribution in [1.82, 2.24) is 19.6 Å². The molecular weight excluding hydrogens is 905 g/mol. The number of carboxylic acid groups (broad SMARTS) is 2. The predicted octanol–water partition coefficient (Wildman–Crippen LogP) is 13.2. The van der Waals surface area contributed by atoms with E-state index in [2.05, 4.69) is 159 Å². The Labute approximate surface area is 441 Å². The highest BCUT2D eigenvalue weighted by Crippen LogP contribution is 2.58. The van der Waals surface area contributed by atoms with Crippen LogP contribution in [0.15, 0.2) is 0 Å². The van der Waals surface area contributed by atoms with Crippen LogP contribution in [0.3, 0.4) is 0 Å². The van der Waals surface area contributed by atoms with Gasteiger partial charge in [-0.3, -0.25) is 38.8 Å². The summed E-state index contributed by atoms with van der Waals surface area (Å²) in [5, 5.41) is 20.1. The minimum absolute atomic E-state index is 0.00474. The average molecular weight is 1020 g/mol. The van der Waals surface area contributed by atoms with Gasteiger partial charge in [-0.25, -0.2) is 0 Å². The molecule has 0 atom stereocenters. The maximum Gasteiger partial charge on any atom is 0.310 e. The second-order valence-corrected chi connectivity index (χ2v) is 28.6. The van der Waals surface area contributed by atoms with E-state index >= 15 is 0 Å². The Hall–Kier alpha value is -2.28. The van der Waals surface area contributed by atoms with E-state index < -0.39 is 17.4 Å². The molecule has 12 nitrogen and oxygen atoms in total. The molecule has 0 aromatic carbocycles. The zero-order valence-electron chi connectivity index (χ0n) is 50.2. The molecule has 0 amide bonds. The van der Waals surface area contributed by atoms with Gasteiger partial charge < -0.3 is 19.7 Å². The monoisotopic (exact) mass is 1020 g/mol. The number of ether oxygens (including phenoxy) is 2. The minimum atomic E-state index is -0.757. The standard InChI is InChI=1S/2C30H56N2O4/c1-26(2)18-22(19-27(3,4)31(26)9)30(25(35)36,17-15-13-11-12-14-16-24(33)34)23-20-28(5,6)32(10)29(7,8)21-23;1-27(2)19-23(20-28(3,4)31(27)9)35-25(33)17-15-13-11-12-14-16-18-26(34)36-24-21-29(5,6)32(10)30(7,8)22-24/h22-23H,11-21H2,1-10H3,(H,33,34)(H,35,36);23-24H,11-22H2,1-10H3. The van der Waals surface area contributed by atoms with Crippen molar-refractivity contribution >= 4 is 23.9 Å². The first-order valence-corrected chi connectivity index (χ1v) is 28.6. The maximum atomic E-state index is 13.6. The van der Waals surface area contributed by atoms with Crippen molar-refractivity contribution in [3.8, 4) is 0 Å². The first-order chi connectivity index (χ1) is 32.8. The fourth-order valence-corrected chi connectivity index (χ4v) is 14.4. The molecule has 4 saturated heterocycles. The summed E-state index contributed by atoms with van der Waals surface area (Å²) >= 11 is 0. The lowest BCUT2D eigenvalue weighted by Crippen LogP contribution is -2.65. The molecule has 4 aliphatic heterocycles. The number of nitrogens with zero attached hydrogens (tertiary/aromatic N) is 4. The number of aliphatic carboxylic acids is 2. The van der Waals surface area contributed by atoms with Gasteiger partial charge in [0.25, 0.3) is 0 Å². The highest BCUT2D eigenvalue weighted by Gasteiger charge is 2.60. The van der Waals surface area contributed by atoms with Gasteiger partial charge in [0.15, 0.2) is 0 Å². The van der Waals surface area contributed by atoms with Gasteiger partial charge in [0, 0.05) is 89.3 Å². The van der Waals surface area contributed by atoms with Crippen molar-refractivity contribution in [1.29, 1.82) is 0 Å². The Morgan fingerprint density at radius 1 is 0.389 bits per heavy atom. The summed E-state index contributed by atoms with van der Waals surface area (Å²) in [6.45, 7) is 36.0. The normalized spacial score (nSPS) is 24.7. The van der Waals surface area contributed by atoms with E-state index in [1.54, 1.807) is 0 Å². The molecular formula is C60H112N4O8. The molecule has 72 heavy (non-hydrogen) atoms. The van der Waals surface area contributed by atoms with E-state index in [4.69, 9.17) is 14.6 Å². The Kier molecular flexibility index (Phi) is 22.1. The van der Waals surface area contributed by atoms with Gasteiger partial charge in [-0.05, 0) is 202 Å². The van der Waals surface area contributed by atoms with Crippen LogP contribution in [0.2, 0.25) is 0 Å². The van der Waals surface area contributed by atoms with Crippen LogP contribution in [-0.2, 0) is 28.7 Å².